The number of nitrogens with one attached hydrogen (secondary N) is 3. The molecule has 0 aromatic heterocycles. The lowest BCUT2D eigenvalue weighted by atomic mass is 10.0. The first kappa shape index (κ1) is 18.1. The van der Waals surface area contributed by atoms with Crippen LogP contribution in [0.3, 0.4) is 0 Å². The topological polar surface area (TPSA) is 86.2 Å². The fraction of sp³-hybridized carbons (Fsp3) is 0.389. The molecular formula is C18H24N5O3+. The highest BCUT2D eigenvalue weighted by Crippen LogP contribution is 2.23. The van der Waals surface area contributed by atoms with Gasteiger partial charge in [0.05, 0.1) is 38.9 Å². The van der Waals surface area contributed by atoms with Gasteiger partial charge in [-0.15, -0.1) is 0 Å². The molecule has 2 aliphatic rings. The lowest BCUT2D eigenvalue weighted by Gasteiger charge is -2.35. The zero-order chi connectivity index (χ0) is 18.8. The Morgan fingerprint density at radius 2 is 1.81 bits per heavy atom. The predicted molar refractivity (Wildman–Crippen MR) is 96.2 cm³/mol. The number of carbonyl (C=O) groups is 3. The number of rotatable bonds is 4. The van der Waals surface area contributed by atoms with Gasteiger partial charge in [0.25, 0.3) is 5.91 Å². The Bertz CT molecular complexity index is 738. The van der Waals surface area contributed by atoms with E-state index in [-0.39, 0.29) is 5.70 Å². The van der Waals surface area contributed by atoms with E-state index in [4.69, 9.17) is 0 Å². The monoisotopic (exact) mass is 358 g/mol. The van der Waals surface area contributed by atoms with E-state index in [2.05, 4.69) is 24.4 Å². The van der Waals surface area contributed by atoms with Crippen molar-refractivity contribution in [1.82, 2.24) is 15.8 Å². The minimum atomic E-state index is -1.15. The molecule has 1 atom stereocenters. The van der Waals surface area contributed by atoms with Crippen LogP contribution >= 0.6 is 0 Å². The van der Waals surface area contributed by atoms with E-state index < -0.39 is 23.8 Å². The maximum Gasteiger partial charge on any atom is 0.335 e. The van der Waals surface area contributed by atoms with Gasteiger partial charge in [-0.2, -0.15) is 0 Å². The van der Waals surface area contributed by atoms with Crippen LogP contribution < -0.4 is 20.5 Å². The standard InChI is InChI=1S/C18H23N5O3/c1-12-4-6-14(7-5-12)23-17(25)15(16(24)19-18(23)26)13(2)20-22-10-8-21(3)9-11-22/h4-7,15,20H,2,8-11H2,1,3H3,(H,19,24,26)/p+1/t15-/m0/s1. The number of aryl methyl sites for hydroxylation is 1. The first-order chi connectivity index (χ1) is 12.4. The summed E-state index contributed by atoms with van der Waals surface area (Å²) in [5.41, 5.74) is 4.78. The van der Waals surface area contributed by atoms with Crippen LogP contribution in [0.2, 0.25) is 0 Å². The number of amides is 4. The average Bonchev–Trinajstić information content (AvgIpc) is 2.58. The summed E-state index contributed by atoms with van der Waals surface area (Å²) in [5.74, 6) is -2.40. The van der Waals surface area contributed by atoms with Crippen molar-refractivity contribution in [2.75, 3.05) is 38.1 Å². The second-order valence-corrected chi connectivity index (χ2v) is 6.82. The Hall–Kier alpha value is -2.71. The van der Waals surface area contributed by atoms with Gasteiger partial charge in [0.15, 0.2) is 5.92 Å². The van der Waals surface area contributed by atoms with E-state index in [1.165, 1.54) is 4.90 Å². The molecule has 2 fully saturated rings. The molecule has 0 radical (unpaired) electrons. The van der Waals surface area contributed by atoms with Gasteiger partial charge in [0, 0.05) is 5.70 Å². The SMILES string of the molecule is C=C(NN1CC[NH+](C)CC1)[C@H]1C(=O)NC(=O)N(c2ccc(C)cc2)C1=O. The molecule has 2 aliphatic heterocycles. The predicted octanol–water partition coefficient (Wildman–Crippen LogP) is -0.957. The Labute approximate surface area is 152 Å². The highest BCUT2D eigenvalue weighted by molar-refractivity contribution is 6.28. The third-order valence-electron chi connectivity index (χ3n) is 4.72. The van der Waals surface area contributed by atoms with E-state index in [1.54, 1.807) is 24.3 Å². The molecule has 0 bridgehead atoms. The fourth-order valence-electron chi connectivity index (χ4n) is 3.09. The molecule has 26 heavy (non-hydrogen) atoms. The molecule has 0 unspecified atom stereocenters. The van der Waals surface area contributed by atoms with Crippen LogP contribution in [0.25, 0.3) is 0 Å². The third-order valence-corrected chi connectivity index (χ3v) is 4.72. The van der Waals surface area contributed by atoms with Gasteiger partial charge in [0.2, 0.25) is 5.91 Å². The quantitative estimate of drug-likeness (QED) is 0.604. The number of piperazine rings is 1. The van der Waals surface area contributed by atoms with Crippen molar-refractivity contribution >= 4 is 23.5 Å². The summed E-state index contributed by atoms with van der Waals surface area (Å²) >= 11 is 0. The molecule has 0 spiro atoms. The van der Waals surface area contributed by atoms with E-state index in [0.29, 0.717) is 5.69 Å². The van der Waals surface area contributed by atoms with Crippen molar-refractivity contribution in [3.8, 4) is 0 Å². The van der Waals surface area contributed by atoms with Gasteiger partial charge < -0.3 is 10.3 Å². The summed E-state index contributed by atoms with van der Waals surface area (Å²) in [6.45, 7) is 9.28. The van der Waals surface area contributed by atoms with Crippen LogP contribution in [0.1, 0.15) is 5.56 Å². The van der Waals surface area contributed by atoms with Gasteiger partial charge in [-0.25, -0.2) is 14.7 Å². The van der Waals surface area contributed by atoms with E-state index in [1.807, 2.05) is 11.9 Å². The number of quaternary nitrogens is 1. The summed E-state index contributed by atoms with van der Waals surface area (Å²) in [6, 6.07) is 6.23. The number of likely N-dealkylation sites (N-methyl/N-ethyl adjacent to an activating group) is 1. The summed E-state index contributed by atoms with van der Waals surface area (Å²) in [7, 11) is 2.12. The van der Waals surface area contributed by atoms with Gasteiger partial charge >= 0.3 is 6.03 Å². The van der Waals surface area contributed by atoms with Crippen molar-refractivity contribution < 1.29 is 19.3 Å². The van der Waals surface area contributed by atoms with Gasteiger partial charge in [-0.05, 0) is 19.1 Å². The summed E-state index contributed by atoms with van der Waals surface area (Å²) in [4.78, 5) is 39.8. The Morgan fingerprint density at radius 1 is 1.19 bits per heavy atom. The van der Waals surface area contributed by atoms with Crippen molar-refractivity contribution in [2.45, 2.75) is 6.92 Å². The molecule has 8 heteroatoms. The molecule has 138 valence electrons. The number of carbonyl (C=O) groups excluding carboxylic acids is 3. The van der Waals surface area contributed by atoms with Crippen molar-refractivity contribution in [3.05, 3.63) is 42.1 Å². The number of hydrogen-bond donors (Lipinski definition) is 3. The Balaban J connectivity index is 1.76. The molecule has 8 nitrogen and oxygen atoms in total. The maximum absolute atomic E-state index is 12.9. The van der Waals surface area contributed by atoms with Crippen LogP contribution in [0.5, 0.6) is 0 Å². The first-order valence-electron chi connectivity index (χ1n) is 8.64. The number of benzene rings is 1. The molecule has 3 rings (SSSR count). The van der Waals surface area contributed by atoms with Crippen molar-refractivity contribution in [1.29, 1.82) is 0 Å². The molecule has 3 N–H and O–H groups in total. The zero-order valence-corrected chi connectivity index (χ0v) is 15.0. The second kappa shape index (κ2) is 7.27. The number of hydrogen-bond acceptors (Lipinski definition) is 5. The first-order valence-corrected chi connectivity index (χ1v) is 8.64. The minimum Gasteiger partial charge on any atom is -0.335 e. The van der Waals surface area contributed by atoms with E-state index in [0.717, 1.165) is 36.6 Å². The van der Waals surface area contributed by atoms with Crippen molar-refractivity contribution in [2.24, 2.45) is 5.92 Å². The van der Waals surface area contributed by atoms with Crippen LogP contribution in [-0.4, -0.2) is 56.1 Å². The average molecular weight is 358 g/mol. The normalized spacial score (nSPS) is 22.3. The van der Waals surface area contributed by atoms with Gasteiger partial charge in [-0.1, -0.05) is 24.3 Å². The Morgan fingerprint density at radius 3 is 2.42 bits per heavy atom. The third kappa shape index (κ3) is 3.61. The molecule has 0 saturated carbocycles. The number of anilines is 1. The molecule has 4 amide bonds. The highest BCUT2D eigenvalue weighted by Gasteiger charge is 2.43. The van der Waals surface area contributed by atoms with Gasteiger partial charge in [0.1, 0.15) is 0 Å². The number of hydrazine groups is 1. The largest absolute Gasteiger partial charge is 0.335 e. The Kier molecular flexibility index (Phi) is 5.06. The number of barbiturate groups is 1. The van der Waals surface area contributed by atoms with Crippen molar-refractivity contribution in [3.63, 3.8) is 0 Å². The molecular weight excluding hydrogens is 334 g/mol. The van der Waals surface area contributed by atoms with Crippen LogP contribution in [0, 0.1) is 12.8 Å². The molecule has 1 aromatic carbocycles. The van der Waals surface area contributed by atoms with E-state index in [9.17, 15) is 14.4 Å². The number of nitrogens with zero attached hydrogens (tertiary/aromatic N) is 2. The lowest BCUT2D eigenvalue weighted by Crippen LogP contribution is -3.12. The van der Waals surface area contributed by atoms with Crippen LogP contribution in [0.15, 0.2) is 36.5 Å². The number of urea groups is 1. The lowest BCUT2D eigenvalue weighted by molar-refractivity contribution is -0.884. The highest BCUT2D eigenvalue weighted by atomic mass is 16.2. The van der Waals surface area contributed by atoms with Gasteiger partial charge in [-0.3, -0.25) is 14.9 Å². The summed E-state index contributed by atoms with van der Waals surface area (Å²) in [5, 5.41) is 4.20. The van der Waals surface area contributed by atoms with Crippen LogP contribution in [0.4, 0.5) is 10.5 Å². The molecule has 0 aliphatic carbocycles. The molecule has 2 saturated heterocycles. The maximum atomic E-state index is 12.9. The fourth-order valence-corrected chi connectivity index (χ4v) is 3.09. The molecule has 1 aromatic rings. The minimum absolute atomic E-state index is 0.275. The second-order valence-electron chi connectivity index (χ2n) is 6.82. The van der Waals surface area contributed by atoms with Crippen LogP contribution in [-0.2, 0) is 9.59 Å². The number of imide groups is 2. The smallest absolute Gasteiger partial charge is 0.335 e. The summed E-state index contributed by atoms with van der Waals surface area (Å²) < 4.78 is 0. The molecule has 2 heterocycles. The zero-order valence-electron chi connectivity index (χ0n) is 15.0. The summed E-state index contributed by atoms with van der Waals surface area (Å²) in [6.07, 6.45) is 0. The van der Waals surface area contributed by atoms with E-state index >= 15 is 0 Å².